The molecule has 3 N–H and O–H groups in total. The van der Waals surface area contributed by atoms with Gasteiger partial charge in [0.05, 0.1) is 0 Å². The van der Waals surface area contributed by atoms with Crippen LogP contribution in [-0.2, 0) is 0 Å². The largest absolute Gasteiger partial charge is 0.409 e. The van der Waals surface area contributed by atoms with Crippen LogP contribution in [0.1, 0.15) is 11.1 Å². The van der Waals surface area contributed by atoms with Gasteiger partial charge < -0.3 is 10.9 Å². The minimum absolute atomic E-state index is 0.0534. The molecule has 2 aromatic carbocycles. The van der Waals surface area contributed by atoms with Crippen molar-refractivity contribution in [3.05, 3.63) is 58.6 Å². The Morgan fingerprint density at radius 1 is 1.26 bits per heavy atom. The van der Waals surface area contributed by atoms with E-state index < -0.39 is 0 Å². The molecule has 0 heterocycles. The molecule has 0 saturated carbocycles. The molecule has 3 nitrogen and oxygen atoms in total. The van der Waals surface area contributed by atoms with Gasteiger partial charge in [-0.05, 0) is 37.3 Å². The lowest BCUT2D eigenvalue weighted by Gasteiger charge is -2.09. The van der Waals surface area contributed by atoms with Gasteiger partial charge in [0.25, 0.3) is 0 Å². The topological polar surface area (TPSA) is 58.6 Å². The van der Waals surface area contributed by atoms with Crippen LogP contribution in [0.25, 0.3) is 0 Å². The summed E-state index contributed by atoms with van der Waals surface area (Å²) in [5.41, 5.74) is 7.49. The SMILES string of the molecule is Cc1cccc(Sc2ccc(Cl)cc2C(N)=NO)c1. The second-order valence-electron chi connectivity index (χ2n) is 4.04. The van der Waals surface area contributed by atoms with E-state index in [0.29, 0.717) is 10.6 Å². The van der Waals surface area contributed by atoms with Gasteiger partial charge in [0, 0.05) is 20.4 Å². The van der Waals surface area contributed by atoms with Crippen LogP contribution in [0.5, 0.6) is 0 Å². The molecule has 0 aliphatic rings. The first-order valence-electron chi connectivity index (χ1n) is 5.62. The molecular formula is C14H13ClN2OS. The summed E-state index contributed by atoms with van der Waals surface area (Å²) in [6, 6.07) is 13.5. The Balaban J connectivity index is 2.40. The summed E-state index contributed by atoms with van der Waals surface area (Å²) in [7, 11) is 0. The highest BCUT2D eigenvalue weighted by atomic mass is 35.5. The number of benzene rings is 2. The van der Waals surface area contributed by atoms with Gasteiger partial charge in [-0.15, -0.1) is 0 Å². The number of nitrogens with zero attached hydrogens (tertiary/aromatic N) is 1. The van der Waals surface area contributed by atoms with Crippen LogP contribution < -0.4 is 5.73 Å². The third-order valence-electron chi connectivity index (χ3n) is 2.54. The Morgan fingerprint density at radius 3 is 2.74 bits per heavy atom. The highest BCUT2D eigenvalue weighted by Gasteiger charge is 2.09. The molecule has 0 saturated heterocycles. The summed E-state index contributed by atoms with van der Waals surface area (Å²) in [5, 5.41) is 12.4. The quantitative estimate of drug-likeness (QED) is 0.390. The first-order chi connectivity index (χ1) is 9.10. The molecule has 2 rings (SSSR count). The zero-order chi connectivity index (χ0) is 13.8. The first kappa shape index (κ1) is 13.8. The maximum atomic E-state index is 8.82. The number of rotatable bonds is 3. The van der Waals surface area contributed by atoms with Crippen LogP contribution in [-0.4, -0.2) is 11.0 Å². The number of oxime groups is 1. The van der Waals surface area contributed by atoms with Crippen LogP contribution in [0, 0.1) is 6.92 Å². The molecule has 0 amide bonds. The molecular weight excluding hydrogens is 280 g/mol. The van der Waals surface area contributed by atoms with Crippen molar-refractivity contribution in [2.24, 2.45) is 10.9 Å². The maximum absolute atomic E-state index is 8.82. The number of aryl methyl sites for hydroxylation is 1. The summed E-state index contributed by atoms with van der Waals surface area (Å²) < 4.78 is 0. The van der Waals surface area contributed by atoms with Crippen molar-refractivity contribution in [3.8, 4) is 0 Å². The van der Waals surface area contributed by atoms with Crippen molar-refractivity contribution < 1.29 is 5.21 Å². The summed E-state index contributed by atoms with van der Waals surface area (Å²) in [4.78, 5) is 1.99. The Bertz CT molecular complexity index is 629. The highest BCUT2D eigenvalue weighted by Crippen LogP contribution is 2.32. The number of hydrogen-bond acceptors (Lipinski definition) is 3. The number of amidine groups is 1. The van der Waals surface area contributed by atoms with Crippen molar-refractivity contribution in [1.29, 1.82) is 0 Å². The molecule has 0 atom stereocenters. The van der Waals surface area contributed by atoms with Gasteiger partial charge in [-0.2, -0.15) is 0 Å². The minimum Gasteiger partial charge on any atom is -0.409 e. The Labute approximate surface area is 121 Å². The van der Waals surface area contributed by atoms with Crippen LogP contribution in [0.4, 0.5) is 0 Å². The normalized spacial score (nSPS) is 11.6. The van der Waals surface area contributed by atoms with Crippen molar-refractivity contribution in [1.82, 2.24) is 0 Å². The molecule has 0 unspecified atom stereocenters. The van der Waals surface area contributed by atoms with Gasteiger partial charge in [0.15, 0.2) is 5.84 Å². The van der Waals surface area contributed by atoms with E-state index in [2.05, 4.69) is 11.2 Å². The van der Waals surface area contributed by atoms with Crippen LogP contribution in [0.2, 0.25) is 5.02 Å². The summed E-state index contributed by atoms with van der Waals surface area (Å²) in [6.45, 7) is 2.04. The Hall–Kier alpha value is -1.65. The lowest BCUT2D eigenvalue weighted by Crippen LogP contribution is -2.14. The second kappa shape index (κ2) is 5.99. The van der Waals surface area contributed by atoms with E-state index in [4.69, 9.17) is 22.5 Å². The van der Waals surface area contributed by atoms with Gasteiger partial charge in [-0.25, -0.2) is 0 Å². The van der Waals surface area contributed by atoms with Crippen LogP contribution in [0.3, 0.4) is 0 Å². The summed E-state index contributed by atoms with van der Waals surface area (Å²) in [5.74, 6) is 0.0534. The average Bonchev–Trinajstić information content (AvgIpc) is 2.40. The molecule has 5 heteroatoms. The summed E-state index contributed by atoms with van der Waals surface area (Å²) in [6.07, 6.45) is 0. The third-order valence-corrected chi connectivity index (χ3v) is 3.84. The van der Waals surface area contributed by atoms with E-state index in [1.54, 1.807) is 23.9 Å². The van der Waals surface area contributed by atoms with E-state index in [1.807, 2.05) is 31.2 Å². The van der Waals surface area contributed by atoms with Crippen molar-refractivity contribution in [2.75, 3.05) is 0 Å². The van der Waals surface area contributed by atoms with E-state index in [0.717, 1.165) is 9.79 Å². The van der Waals surface area contributed by atoms with Crippen LogP contribution >= 0.6 is 23.4 Å². The standard InChI is InChI=1S/C14H13ClN2OS/c1-9-3-2-4-11(7-9)19-13-6-5-10(15)8-12(13)14(16)17-18/h2-8,18H,1H3,(H2,16,17). The smallest absolute Gasteiger partial charge is 0.171 e. The lowest BCUT2D eigenvalue weighted by molar-refractivity contribution is 0.318. The lowest BCUT2D eigenvalue weighted by atomic mass is 10.2. The second-order valence-corrected chi connectivity index (χ2v) is 5.60. The first-order valence-corrected chi connectivity index (χ1v) is 6.81. The number of hydrogen-bond donors (Lipinski definition) is 2. The molecule has 0 aliphatic heterocycles. The minimum atomic E-state index is 0.0534. The molecule has 19 heavy (non-hydrogen) atoms. The van der Waals surface area contributed by atoms with Gasteiger partial charge in [0.1, 0.15) is 0 Å². The van der Waals surface area contributed by atoms with E-state index >= 15 is 0 Å². The molecule has 0 spiro atoms. The highest BCUT2D eigenvalue weighted by molar-refractivity contribution is 7.99. The number of halogens is 1. The maximum Gasteiger partial charge on any atom is 0.171 e. The Kier molecular flexibility index (Phi) is 4.35. The third kappa shape index (κ3) is 3.43. The fourth-order valence-electron chi connectivity index (χ4n) is 1.65. The molecule has 98 valence electrons. The van der Waals surface area contributed by atoms with Gasteiger partial charge in [0.2, 0.25) is 0 Å². The van der Waals surface area contributed by atoms with Gasteiger partial charge in [-0.1, -0.05) is 46.2 Å². The predicted octanol–water partition coefficient (Wildman–Crippen LogP) is 3.89. The fourth-order valence-corrected chi connectivity index (χ4v) is 2.88. The fraction of sp³-hybridized carbons (Fsp3) is 0.0714. The van der Waals surface area contributed by atoms with Crippen molar-refractivity contribution >= 4 is 29.2 Å². The van der Waals surface area contributed by atoms with E-state index in [1.165, 1.54) is 5.56 Å². The predicted molar refractivity (Wildman–Crippen MR) is 79.3 cm³/mol. The molecule has 0 aromatic heterocycles. The molecule has 2 aromatic rings. The number of nitrogens with two attached hydrogens (primary N) is 1. The van der Waals surface area contributed by atoms with Crippen molar-refractivity contribution in [3.63, 3.8) is 0 Å². The van der Waals surface area contributed by atoms with Gasteiger partial charge >= 0.3 is 0 Å². The van der Waals surface area contributed by atoms with Crippen molar-refractivity contribution in [2.45, 2.75) is 16.7 Å². The average molecular weight is 293 g/mol. The molecule has 0 fully saturated rings. The van der Waals surface area contributed by atoms with Crippen LogP contribution in [0.15, 0.2) is 57.4 Å². The molecule has 0 radical (unpaired) electrons. The van der Waals surface area contributed by atoms with E-state index in [-0.39, 0.29) is 5.84 Å². The molecule has 0 aliphatic carbocycles. The summed E-state index contributed by atoms with van der Waals surface area (Å²) >= 11 is 7.49. The molecule has 0 bridgehead atoms. The monoisotopic (exact) mass is 292 g/mol. The Morgan fingerprint density at radius 2 is 2.05 bits per heavy atom. The van der Waals surface area contributed by atoms with E-state index in [9.17, 15) is 0 Å². The zero-order valence-corrected chi connectivity index (χ0v) is 11.9. The zero-order valence-electron chi connectivity index (χ0n) is 10.3. The van der Waals surface area contributed by atoms with Gasteiger partial charge in [-0.3, -0.25) is 0 Å².